The van der Waals surface area contributed by atoms with Crippen molar-refractivity contribution in [3.8, 4) is 17.5 Å². The molecule has 5 rings (SSSR count). The van der Waals surface area contributed by atoms with E-state index in [2.05, 4.69) is 10.1 Å². The van der Waals surface area contributed by atoms with Crippen molar-refractivity contribution in [1.29, 1.82) is 0 Å². The lowest BCUT2D eigenvalue weighted by atomic mass is 9.98. The van der Waals surface area contributed by atoms with Gasteiger partial charge in [-0.25, -0.2) is 9.80 Å². The van der Waals surface area contributed by atoms with Crippen molar-refractivity contribution < 1.29 is 14.3 Å². The van der Waals surface area contributed by atoms with Crippen LogP contribution in [0.2, 0.25) is 0 Å². The lowest BCUT2D eigenvalue weighted by molar-refractivity contribution is -0.130. The van der Waals surface area contributed by atoms with Crippen molar-refractivity contribution in [2.45, 2.75) is 19.4 Å². The van der Waals surface area contributed by atoms with Gasteiger partial charge in [0.15, 0.2) is 22.7 Å². The number of hydrazone groups is 1. The van der Waals surface area contributed by atoms with E-state index in [1.165, 1.54) is 35.2 Å². The Morgan fingerprint density at radius 3 is 2.38 bits per heavy atom. The van der Waals surface area contributed by atoms with E-state index in [1.54, 1.807) is 26.2 Å². The standard InChI is InChI=1S/C26H26N6O5/c1-15(33)32-19(14-18(28-32)16-9-7-6-8-10-16)17-11-12-20(21(13-17)36-5)37-25-27-23-22(29(25)2)24(34)31(4)26(35)30(23)3/h6-13,19H,14H2,1-5H3. The summed E-state index contributed by atoms with van der Waals surface area (Å²) in [4.78, 5) is 41.8. The van der Waals surface area contributed by atoms with Gasteiger partial charge in [0.2, 0.25) is 5.91 Å². The maximum atomic E-state index is 12.7. The highest BCUT2D eigenvalue weighted by atomic mass is 16.5. The second-order valence-electron chi connectivity index (χ2n) is 8.84. The number of methoxy groups -OCH3 is 1. The number of nitrogens with zero attached hydrogens (tertiary/aromatic N) is 6. The van der Waals surface area contributed by atoms with E-state index in [4.69, 9.17) is 9.47 Å². The molecule has 0 N–H and O–H groups in total. The van der Waals surface area contributed by atoms with Gasteiger partial charge < -0.3 is 9.47 Å². The van der Waals surface area contributed by atoms with Gasteiger partial charge in [-0.3, -0.25) is 23.3 Å². The Hall–Kier alpha value is -4.67. The number of rotatable bonds is 5. The molecule has 11 heteroatoms. The molecule has 0 saturated carbocycles. The monoisotopic (exact) mass is 502 g/mol. The van der Waals surface area contributed by atoms with Crippen LogP contribution in [-0.2, 0) is 25.9 Å². The fourth-order valence-electron chi connectivity index (χ4n) is 4.53. The molecule has 2 aromatic heterocycles. The van der Waals surface area contributed by atoms with Gasteiger partial charge >= 0.3 is 11.7 Å². The zero-order chi connectivity index (χ0) is 26.4. The van der Waals surface area contributed by atoms with E-state index in [0.717, 1.165) is 21.4 Å². The number of carbonyl (C=O) groups is 1. The second kappa shape index (κ2) is 9.08. The van der Waals surface area contributed by atoms with E-state index < -0.39 is 11.2 Å². The van der Waals surface area contributed by atoms with E-state index in [1.807, 2.05) is 36.4 Å². The van der Waals surface area contributed by atoms with Crippen LogP contribution in [0.25, 0.3) is 11.2 Å². The zero-order valence-electron chi connectivity index (χ0n) is 21.1. The molecule has 0 aliphatic carbocycles. The molecule has 0 fully saturated rings. The Morgan fingerprint density at radius 2 is 1.70 bits per heavy atom. The van der Waals surface area contributed by atoms with Crippen LogP contribution in [0.3, 0.4) is 0 Å². The van der Waals surface area contributed by atoms with Gasteiger partial charge in [-0.15, -0.1) is 0 Å². The molecule has 0 saturated heterocycles. The molecule has 4 aromatic rings. The second-order valence-corrected chi connectivity index (χ2v) is 8.84. The lowest BCUT2D eigenvalue weighted by Crippen LogP contribution is -2.37. The predicted molar refractivity (Wildman–Crippen MR) is 137 cm³/mol. The van der Waals surface area contributed by atoms with Crippen molar-refractivity contribution in [1.82, 2.24) is 23.7 Å². The first-order valence-corrected chi connectivity index (χ1v) is 11.6. The highest BCUT2D eigenvalue weighted by Crippen LogP contribution is 2.38. The smallest absolute Gasteiger partial charge is 0.332 e. The number of amides is 1. The summed E-state index contributed by atoms with van der Waals surface area (Å²) in [6.45, 7) is 1.49. The van der Waals surface area contributed by atoms with Gasteiger partial charge in [-0.05, 0) is 23.3 Å². The summed E-state index contributed by atoms with van der Waals surface area (Å²) in [5, 5.41) is 6.07. The minimum absolute atomic E-state index is 0.125. The fourth-order valence-corrected chi connectivity index (χ4v) is 4.53. The van der Waals surface area contributed by atoms with E-state index in [9.17, 15) is 14.4 Å². The third-order valence-corrected chi connectivity index (χ3v) is 6.55. The number of carbonyl (C=O) groups excluding carboxylic acids is 1. The molecule has 1 amide bonds. The van der Waals surface area contributed by atoms with Crippen LogP contribution < -0.4 is 20.7 Å². The summed E-state index contributed by atoms with van der Waals surface area (Å²) in [6, 6.07) is 14.9. The first-order valence-electron chi connectivity index (χ1n) is 11.6. The first kappa shape index (κ1) is 24.0. The fraction of sp³-hybridized carbons (Fsp3) is 0.269. The first-order chi connectivity index (χ1) is 17.7. The van der Waals surface area contributed by atoms with Crippen LogP contribution in [0.1, 0.15) is 30.5 Å². The third kappa shape index (κ3) is 3.98. The van der Waals surface area contributed by atoms with Crippen LogP contribution in [0.5, 0.6) is 17.5 Å². The molecule has 2 aromatic carbocycles. The summed E-state index contributed by atoms with van der Waals surface area (Å²) >= 11 is 0. The van der Waals surface area contributed by atoms with Crippen LogP contribution in [-0.4, -0.2) is 42.4 Å². The number of imidazole rings is 1. The highest BCUT2D eigenvalue weighted by molar-refractivity contribution is 6.03. The maximum Gasteiger partial charge on any atom is 0.332 e. The topological polar surface area (TPSA) is 113 Å². The number of ether oxygens (including phenoxy) is 2. The SMILES string of the molecule is COc1cc(C2CC(c3ccccc3)=NN2C(C)=O)ccc1Oc1nc2c(c(=O)n(C)c(=O)n2C)n1C. The molecule has 3 heterocycles. The predicted octanol–water partition coefficient (Wildman–Crippen LogP) is 2.47. The van der Waals surface area contributed by atoms with Crippen LogP contribution in [0.4, 0.5) is 0 Å². The Balaban J connectivity index is 1.50. The molecular weight excluding hydrogens is 476 g/mol. The molecule has 1 aliphatic heterocycles. The minimum Gasteiger partial charge on any atom is -0.493 e. The molecule has 0 bridgehead atoms. The molecular formula is C26H26N6O5. The van der Waals surface area contributed by atoms with Crippen molar-refractivity contribution >= 4 is 22.8 Å². The van der Waals surface area contributed by atoms with Crippen molar-refractivity contribution in [3.05, 3.63) is 80.5 Å². The summed E-state index contributed by atoms with van der Waals surface area (Å²) < 4.78 is 15.5. The number of benzene rings is 2. The number of fused-ring (bicyclic) bond motifs is 1. The van der Waals surface area contributed by atoms with Gasteiger partial charge in [-0.2, -0.15) is 10.1 Å². The number of aromatic nitrogens is 4. The molecule has 0 spiro atoms. The molecule has 1 aliphatic rings. The number of hydrogen-bond donors (Lipinski definition) is 0. The maximum absolute atomic E-state index is 12.7. The zero-order valence-corrected chi connectivity index (χ0v) is 21.1. The average Bonchev–Trinajstić information content (AvgIpc) is 3.49. The van der Waals surface area contributed by atoms with Crippen LogP contribution >= 0.6 is 0 Å². The lowest BCUT2D eigenvalue weighted by Gasteiger charge is -2.21. The summed E-state index contributed by atoms with van der Waals surface area (Å²) in [7, 11) is 6.12. The molecule has 190 valence electrons. The number of hydrogen-bond acceptors (Lipinski definition) is 7. The largest absolute Gasteiger partial charge is 0.493 e. The van der Waals surface area contributed by atoms with Gasteiger partial charge in [0.25, 0.3) is 5.56 Å². The summed E-state index contributed by atoms with van der Waals surface area (Å²) in [6.07, 6.45) is 0.551. The Labute approximate surface area is 211 Å². The normalized spacial score (nSPS) is 15.2. The third-order valence-electron chi connectivity index (χ3n) is 6.55. The Morgan fingerprint density at radius 1 is 0.973 bits per heavy atom. The van der Waals surface area contributed by atoms with E-state index >= 15 is 0 Å². The van der Waals surface area contributed by atoms with Crippen molar-refractivity contribution in [3.63, 3.8) is 0 Å². The Bertz CT molecular complexity index is 1680. The minimum atomic E-state index is -0.479. The average molecular weight is 503 g/mol. The summed E-state index contributed by atoms with van der Waals surface area (Å²) in [5.74, 6) is 0.619. The quantitative estimate of drug-likeness (QED) is 0.414. The molecule has 1 unspecified atom stereocenters. The van der Waals surface area contributed by atoms with Crippen molar-refractivity contribution in [2.24, 2.45) is 26.2 Å². The summed E-state index contributed by atoms with van der Waals surface area (Å²) in [5.41, 5.74) is 2.13. The highest BCUT2D eigenvalue weighted by Gasteiger charge is 2.32. The van der Waals surface area contributed by atoms with Gasteiger partial charge in [-0.1, -0.05) is 36.4 Å². The number of aryl methyl sites for hydroxylation is 2. The van der Waals surface area contributed by atoms with Gasteiger partial charge in [0, 0.05) is 34.5 Å². The van der Waals surface area contributed by atoms with Crippen molar-refractivity contribution in [2.75, 3.05) is 7.11 Å². The van der Waals surface area contributed by atoms with Gasteiger partial charge in [0.05, 0.1) is 18.9 Å². The van der Waals surface area contributed by atoms with Gasteiger partial charge in [0.1, 0.15) is 0 Å². The Kier molecular flexibility index (Phi) is 5.90. The van der Waals surface area contributed by atoms with Crippen LogP contribution in [0.15, 0.2) is 63.2 Å². The molecule has 11 nitrogen and oxygen atoms in total. The van der Waals surface area contributed by atoms with Crippen LogP contribution in [0, 0.1) is 0 Å². The van der Waals surface area contributed by atoms with E-state index in [-0.39, 0.29) is 29.1 Å². The molecule has 1 atom stereocenters. The molecule has 0 radical (unpaired) electrons. The molecule has 37 heavy (non-hydrogen) atoms. The van der Waals surface area contributed by atoms with E-state index in [0.29, 0.717) is 17.9 Å².